The van der Waals surface area contributed by atoms with Gasteiger partial charge in [0.05, 0.1) is 16.3 Å². The lowest BCUT2D eigenvalue weighted by atomic mass is 10.2. The lowest BCUT2D eigenvalue weighted by molar-refractivity contribution is -0.115. The number of piperidine rings is 1. The van der Waals surface area contributed by atoms with Crippen molar-refractivity contribution in [1.82, 2.24) is 4.31 Å². The summed E-state index contributed by atoms with van der Waals surface area (Å²) in [4.78, 5) is 12.7. The van der Waals surface area contributed by atoms with Crippen molar-refractivity contribution in [3.05, 3.63) is 54.1 Å². The zero-order valence-corrected chi connectivity index (χ0v) is 16.9. The third-order valence-corrected chi connectivity index (χ3v) is 6.60. The fraction of sp³-hybridized carbons (Fsp3) is 0.350. The molecule has 2 N–H and O–H groups in total. The van der Waals surface area contributed by atoms with Crippen molar-refractivity contribution in [3.63, 3.8) is 0 Å². The summed E-state index contributed by atoms with van der Waals surface area (Å²) in [5.74, 6) is -0.619. The Bertz CT molecular complexity index is 1000. The van der Waals surface area contributed by atoms with E-state index in [1.807, 2.05) is 0 Å². The molecule has 2 aromatic rings. The topological polar surface area (TPSA) is 78.5 Å². The second kappa shape index (κ2) is 9.05. The third kappa shape index (κ3) is 5.51. The summed E-state index contributed by atoms with van der Waals surface area (Å²) in [5, 5.41) is 4.79. The SMILES string of the molecule is O=C(Nc1ccccc1NCC(F)(F)F)c1cccc(S(=O)(=O)N2CCCCC2)c1. The highest BCUT2D eigenvalue weighted by atomic mass is 32.2. The molecule has 0 aromatic heterocycles. The zero-order valence-electron chi connectivity index (χ0n) is 16.1. The first-order valence-corrected chi connectivity index (χ1v) is 10.9. The number of nitrogens with one attached hydrogen (secondary N) is 2. The molecule has 1 fully saturated rings. The quantitative estimate of drug-likeness (QED) is 0.708. The molecule has 1 aliphatic rings. The van der Waals surface area contributed by atoms with Crippen molar-refractivity contribution in [3.8, 4) is 0 Å². The van der Waals surface area contributed by atoms with Crippen molar-refractivity contribution < 1.29 is 26.4 Å². The lowest BCUT2D eigenvalue weighted by Crippen LogP contribution is -2.35. The van der Waals surface area contributed by atoms with Crippen LogP contribution in [0.4, 0.5) is 24.5 Å². The number of amides is 1. The van der Waals surface area contributed by atoms with Crippen LogP contribution in [0.15, 0.2) is 53.4 Å². The van der Waals surface area contributed by atoms with E-state index in [0.29, 0.717) is 13.1 Å². The summed E-state index contributed by atoms with van der Waals surface area (Å²) in [6.45, 7) is -0.364. The smallest absolute Gasteiger partial charge is 0.375 e. The second-order valence-corrected chi connectivity index (χ2v) is 8.90. The van der Waals surface area contributed by atoms with Crippen molar-refractivity contribution in [2.24, 2.45) is 0 Å². The largest absolute Gasteiger partial charge is 0.405 e. The minimum Gasteiger partial charge on any atom is -0.375 e. The van der Waals surface area contributed by atoms with E-state index in [2.05, 4.69) is 10.6 Å². The predicted molar refractivity (Wildman–Crippen MR) is 108 cm³/mol. The molecule has 2 aromatic carbocycles. The van der Waals surface area contributed by atoms with Crippen LogP contribution in [0, 0.1) is 0 Å². The van der Waals surface area contributed by atoms with E-state index in [-0.39, 0.29) is 21.8 Å². The molecule has 0 radical (unpaired) electrons. The van der Waals surface area contributed by atoms with Crippen LogP contribution >= 0.6 is 0 Å². The van der Waals surface area contributed by atoms with E-state index in [9.17, 15) is 26.4 Å². The molecular weight excluding hydrogens is 419 g/mol. The third-order valence-electron chi connectivity index (χ3n) is 4.70. The zero-order chi connectivity index (χ0) is 21.8. The van der Waals surface area contributed by atoms with Gasteiger partial charge in [0.15, 0.2) is 0 Å². The minimum atomic E-state index is -4.41. The molecule has 0 bridgehead atoms. The Morgan fingerprint density at radius 2 is 1.63 bits per heavy atom. The average molecular weight is 441 g/mol. The van der Waals surface area contributed by atoms with E-state index in [1.165, 1.54) is 40.7 Å². The standard InChI is InChI=1S/C20H22F3N3O3S/c21-20(22,23)14-24-17-9-2-3-10-18(17)25-19(27)15-7-6-8-16(13-15)30(28,29)26-11-4-1-5-12-26/h2-3,6-10,13,24H,1,4-5,11-12,14H2,(H,25,27). The van der Waals surface area contributed by atoms with Gasteiger partial charge in [-0.1, -0.05) is 24.6 Å². The van der Waals surface area contributed by atoms with Gasteiger partial charge in [-0.2, -0.15) is 17.5 Å². The Balaban J connectivity index is 1.78. The van der Waals surface area contributed by atoms with Crippen molar-refractivity contribution in [2.75, 3.05) is 30.3 Å². The number of carbonyl (C=O) groups is 1. The van der Waals surface area contributed by atoms with Gasteiger partial charge in [-0.25, -0.2) is 8.42 Å². The van der Waals surface area contributed by atoms with E-state index in [0.717, 1.165) is 19.3 Å². The van der Waals surface area contributed by atoms with Crippen LogP contribution < -0.4 is 10.6 Å². The summed E-state index contributed by atoms with van der Waals surface area (Å²) in [6, 6.07) is 11.6. The second-order valence-electron chi connectivity index (χ2n) is 6.96. The lowest BCUT2D eigenvalue weighted by Gasteiger charge is -2.26. The summed E-state index contributed by atoms with van der Waals surface area (Å²) in [5.41, 5.74) is 0.370. The molecule has 3 rings (SSSR count). The predicted octanol–water partition coefficient (Wildman–Crippen LogP) is 4.09. The molecule has 0 aliphatic carbocycles. The monoisotopic (exact) mass is 441 g/mol. The summed E-state index contributed by atoms with van der Waals surface area (Å²) >= 11 is 0. The number of para-hydroxylation sites is 2. The summed E-state index contributed by atoms with van der Waals surface area (Å²) in [6.07, 6.45) is -1.84. The molecule has 1 amide bonds. The van der Waals surface area contributed by atoms with Crippen LogP contribution in [0.25, 0.3) is 0 Å². The molecule has 162 valence electrons. The van der Waals surface area contributed by atoms with E-state index in [1.54, 1.807) is 12.1 Å². The average Bonchev–Trinajstić information content (AvgIpc) is 2.73. The molecule has 1 saturated heterocycles. The molecule has 1 aliphatic heterocycles. The van der Waals surface area contributed by atoms with Crippen LogP contribution in [0.3, 0.4) is 0 Å². The Morgan fingerprint density at radius 3 is 2.30 bits per heavy atom. The number of hydrogen-bond donors (Lipinski definition) is 2. The molecule has 1 heterocycles. The maximum Gasteiger partial charge on any atom is 0.405 e. The molecule has 30 heavy (non-hydrogen) atoms. The van der Waals surface area contributed by atoms with Crippen LogP contribution in [-0.2, 0) is 10.0 Å². The summed E-state index contributed by atoms with van der Waals surface area (Å²) in [7, 11) is -3.71. The number of halogens is 3. The Morgan fingerprint density at radius 1 is 0.967 bits per heavy atom. The Labute approximate surface area is 173 Å². The number of anilines is 2. The van der Waals surface area contributed by atoms with Gasteiger partial charge in [-0.05, 0) is 43.2 Å². The first-order chi connectivity index (χ1) is 14.2. The maximum atomic E-state index is 12.8. The highest BCUT2D eigenvalue weighted by Crippen LogP contribution is 2.25. The molecule has 0 spiro atoms. The molecule has 6 nitrogen and oxygen atoms in total. The van der Waals surface area contributed by atoms with Gasteiger partial charge in [-0.3, -0.25) is 4.79 Å². The van der Waals surface area contributed by atoms with Gasteiger partial charge in [0.2, 0.25) is 10.0 Å². The number of benzene rings is 2. The number of sulfonamides is 1. The van der Waals surface area contributed by atoms with Gasteiger partial charge in [0.1, 0.15) is 6.54 Å². The minimum absolute atomic E-state index is 0.0144. The van der Waals surface area contributed by atoms with E-state index >= 15 is 0 Å². The fourth-order valence-corrected chi connectivity index (χ4v) is 4.75. The van der Waals surface area contributed by atoms with Gasteiger partial charge in [-0.15, -0.1) is 0 Å². The number of nitrogens with zero attached hydrogens (tertiary/aromatic N) is 1. The van der Waals surface area contributed by atoms with E-state index in [4.69, 9.17) is 0 Å². The van der Waals surface area contributed by atoms with Crippen molar-refractivity contribution in [1.29, 1.82) is 0 Å². The van der Waals surface area contributed by atoms with Gasteiger partial charge in [0.25, 0.3) is 5.91 Å². The number of hydrogen-bond acceptors (Lipinski definition) is 4. The Hall–Kier alpha value is -2.59. The van der Waals surface area contributed by atoms with Crippen LogP contribution in [0.2, 0.25) is 0 Å². The first kappa shape index (κ1) is 22.1. The highest BCUT2D eigenvalue weighted by Gasteiger charge is 2.28. The van der Waals surface area contributed by atoms with Crippen LogP contribution in [0.1, 0.15) is 29.6 Å². The van der Waals surface area contributed by atoms with Gasteiger partial charge >= 0.3 is 6.18 Å². The van der Waals surface area contributed by atoms with E-state index < -0.39 is 28.7 Å². The number of rotatable bonds is 6. The van der Waals surface area contributed by atoms with Crippen LogP contribution in [0.5, 0.6) is 0 Å². The highest BCUT2D eigenvalue weighted by molar-refractivity contribution is 7.89. The summed E-state index contributed by atoms with van der Waals surface area (Å²) < 4.78 is 64.6. The fourth-order valence-electron chi connectivity index (χ4n) is 3.19. The molecular formula is C20H22F3N3O3S. The van der Waals surface area contributed by atoms with Crippen molar-refractivity contribution in [2.45, 2.75) is 30.3 Å². The normalized spacial score (nSPS) is 15.6. The number of carbonyl (C=O) groups excluding carboxylic acids is 1. The van der Waals surface area contributed by atoms with Crippen LogP contribution in [-0.4, -0.2) is 44.4 Å². The van der Waals surface area contributed by atoms with Crippen molar-refractivity contribution >= 4 is 27.3 Å². The number of alkyl halides is 3. The molecule has 0 atom stereocenters. The Kier molecular flexibility index (Phi) is 6.67. The van der Waals surface area contributed by atoms with Gasteiger partial charge < -0.3 is 10.6 Å². The van der Waals surface area contributed by atoms with Gasteiger partial charge in [0, 0.05) is 18.7 Å². The molecule has 10 heteroatoms. The molecule has 0 saturated carbocycles. The molecule has 0 unspecified atom stereocenters. The maximum absolute atomic E-state index is 12.8. The first-order valence-electron chi connectivity index (χ1n) is 9.48.